The second-order valence-corrected chi connectivity index (χ2v) is 7.61. The quantitative estimate of drug-likeness (QED) is 0.647. The van der Waals surface area contributed by atoms with Crippen LogP contribution >= 0.6 is 0 Å². The van der Waals surface area contributed by atoms with Crippen molar-refractivity contribution in [1.29, 1.82) is 0 Å². The molecule has 1 aliphatic rings. The molecule has 21 heavy (non-hydrogen) atoms. The summed E-state index contributed by atoms with van der Waals surface area (Å²) in [6.07, 6.45) is 7.39. The Balaban J connectivity index is 2.42. The average molecular weight is 296 g/mol. The number of unbranched alkanes of at least 4 members (excludes halogenated alkanes) is 3. The Hall–Kier alpha value is -0.570. The van der Waals surface area contributed by atoms with Crippen LogP contribution in [-0.2, 0) is 4.79 Å². The van der Waals surface area contributed by atoms with Gasteiger partial charge in [-0.05, 0) is 31.6 Å². The fraction of sp³-hybridized carbons (Fsp3) is 0.944. The molecule has 1 N–H and O–H groups in total. The van der Waals surface area contributed by atoms with Gasteiger partial charge in [-0.2, -0.15) is 0 Å². The average Bonchev–Trinajstić information content (AvgIpc) is 2.67. The zero-order chi connectivity index (χ0) is 16.0. The Bertz CT molecular complexity index is 327. The monoisotopic (exact) mass is 296 g/mol. The summed E-state index contributed by atoms with van der Waals surface area (Å²) in [5, 5.41) is 3.56. The van der Waals surface area contributed by atoms with Crippen LogP contribution in [0.5, 0.6) is 0 Å². The minimum absolute atomic E-state index is 0.207. The van der Waals surface area contributed by atoms with Crippen molar-refractivity contribution in [3.05, 3.63) is 0 Å². The molecule has 0 radical (unpaired) electrons. The highest BCUT2D eigenvalue weighted by Gasteiger charge is 2.47. The van der Waals surface area contributed by atoms with Crippen molar-refractivity contribution in [2.75, 3.05) is 6.54 Å². The van der Waals surface area contributed by atoms with Crippen molar-refractivity contribution in [3.8, 4) is 0 Å². The predicted molar refractivity (Wildman–Crippen MR) is 90.1 cm³/mol. The van der Waals surface area contributed by atoms with Gasteiger partial charge in [-0.1, -0.05) is 60.3 Å². The van der Waals surface area contributed by atoms with Crippen LogP contribution in [0, 0.1) is 11.8 Å². The topological polar surface area (TPSA) is 32.3 Å². The van der Waals surface area contributed by atoms with E-state index >= 15 is 0 Å². The Morgan fingerprint density at radius 1 is 1.14 bits per heavy atom. The third-order valence-electron chi connectivity index (χ3n) is 4.80. The fourth-order valence-corrected chi connectivity index (χ4v) is 3.12. The van der Waals surface area contributed by atoms with Crippen molar-refractivity contribution in [2.45, 2.75) is 91.8 Å². The number of rotatable bonds is 9. The fourth-order valence-electron chi connectivity index (χ4n) is 3.12. The number of amides is 1. The zero-order valence-corrected chi connectivity index (χ0v) is 15.0. The minimum atomic E-state index is -0.355. The van der Waals surface area contributed by atoms with Gasteiger partial charge in [0.2, 0.25) is 5.91 Å². The second kappa shape index (κ2) is 8.17. The molecule has 0 aromatic heterocycles. The molecule has 0 bridgehead atoms. The normalized spacial score (nSPS) is 26.4. The van der Waals surface area contributed by atoms with E-state index in [1.54, 1.807) is 0 Å². The van der Waals surface area contributed by atoms with Crippen LogP contribution in [-0.4, -0.2) is 29.1 Å². The second-order valence-electron chi connectivity index (χ2n) is 7.61. The summed E-state index contributed by atoms with van der Waals surface area (Å²) in [7, 11) is 0. The van der Waals surface area contributed by atoms with Crippen LogP contribution in [0.4, 0.5) is 0 Å². The molecule has 3 heteroatoms. The molecule has 124 valence electrons. The first-order valence-electron chi connectivity index (χ1n) is 8.90. The molecule has 0 aromatic carbocycles. The number of nitrogens with one attached hydrogen (secondary N) is 1. The highest BCUT2D eigenvalue weighted by Crippen LogP contribution is 2.27. The van der Waals surface area contributed by atoms with Gasteiger partial charge in [0.05, 0.1) is 11.7 Å². The maximum Gasteiger partial charge on any atom is 0.243 e. The Kier molecular flexibility index (Phi) is 7.19. The van der Waals surface area contributed by atoms with Gasteiger partial charge in [0.15, 0.2) is 0 Å². The summed E-state index contributed by atoms with van der Waals surface area (Å²) in [6, 6.07) is 0. The SMILES string of the molecule is CCC1(C)NC(C(C)C)N(CCCCCCC(C)C)C1=O. The molecule has 3 nitrogen and oxygen atoms in total. The van der Waals surface area contributed by atoms with Gasteiger partial charge in [0, 0.05) is 6.54 Å². The lowest BCUT2D eigenvalue weighted by molar-refractivity contribution is -0.133. The van der Waals surface area contributed by atoms with Crippen LogP contribution in [0.2, 0.25) is 0 Å². The van der Waals surface area contributed by atoms with E-state index in [0.29, 0.717) is 11.8 Å². The molecule has 1 aliphatic heterocycles. The lowest BCUT2D eigenvalue weighted by Crippen LogP contribution is -2.45. The van der Waals surface area contributed by atoms with E-state index in [1.807, 2.05) is 6.92 Å². The van der Waals surface area contributed by atoms with E-state index in [-0.39, 0.29) is 11.7 Å². The third kappa shape index (κ3) is 4.98. The Labute approximate surface area is 131 Å². The van der Waals surface area contributed by atoms with Crippen molar-refractivity contribution >= 4 is 5.91 Å². The van der Waals surface area contributed by atoms with E-state index in [9.17, 15) is 4.79 Å². The molecule has 0 aliphatic carbocycles. The number of nitrogens with zero attached hydrogens (tertiary/aromatic N) is 1. The highest BCUT2D eigenvalue weighted by atomic mass is 16.2. The van der Waals surface area contributed by atoms with Gasteiger partial charge < -0.3 is 4.90 Å². The maximum atomic E-state index is 12.6. The van der Waals surface area contributed by atoms with Crippen molar-refractivity contribution in [3.63, 3.8) is 0 Å². The van der Waals surface area contributed by atoms with Gasteiger partial charge in [0.1, 0.15) is 0 Å². The van der Waals surface area contributed by atoms with E-state index < -0.39 is 0 Å². The smallest absolute Gasteiger partial charge is 0.243 e. The summed E-state index contributed by atoms with van der Waals surface area (Å²) >= 11 is 0. The standard InChI is InChI=1S/C18H36N2O/c1-7-18(6)17(21)20(16(19-18)15(4)5)13-11-9-8-10-12-14(2)3/h14-16,19H,7-13H2,1-6H3. The van der Waals surface area contributed by atoms with Crippen LogP contribution in [0.1, 0.15) is 80.1 Å². The lowest BCUT2D eigenvalue weighted by Gasteiger charge is -2.27. The van der Waals surface area contributed by atoms with Crippen LogP contribution in [0.15, 0.2) is 0 Å². The highest BCUT2D eigenvalue weighted by molar-refractivity contribution is 5.88. The molecule has 2 atom stereocenters. The maximum absolute atomic E-state index is 12.6. The summed E-state index contributed by atoms with van der Waals surface area (Å²) in [4.78, 5) is 14.7. The number of carbonyl (C=O) groups is 1. The van der Waals surface area contributed by atoms with Crippen molar-refractivity contribution in [1.82, 2.24) is 10.2 Å². The molecule has 1 rings (SSSR count). The lowest BCUT2D eigenvalue weighted by atomic mass is 9.99. The molecular weight excluding hydrogens is 260 g/mol. The van der Waals surface area contributed by atoms with Crippen LogP contribution < -0.4 is 5.32 Å². The van der Waals surface area contributed by atoms with E-state index in [4.69, 9.17) is 0 Å². The van der Waals surface area contributed by atoms with E-state index in [0.717, 1.165) is 25.3 Å². The summed E-state index contributed by atoms with van der Waals surface area (Å²) < 4.78 is 0. The van der Waals surface area contributed by atoms with Gasteiger partial charge in [-0.15, -0.1) is 0 Å². The first kappa shape index (κ1) is 18.5. The molecule has 2 unspecified atom stereocenters. The molecule has 1 amide bonds. The van der Waals surface area contributed by atoms with Gasteiger partial charge in [0.25, 0.3) is 0 Å². The number of hydrogen-bond acceptors (Lipinski definition) is 2. The van der Waals surface area contributed by atoms with Gasteiger partial charge >= 0.3 is 0 Å². The Morgan fingerprint density at radius 2 is 1.76 bits per heavy atom. The third-order valence-corrected chi connectivity index (χ3v) is 4.80. The summed E-state index contributed by atoms with van der Waals surface area (Å²) in [5.41, 5.74) is -0.355. The Morgan fingerprint density at radius 3 is 2.29 bits per heavy atom. The molecule has 0 spiro atoms. The van der Waals surface area contributed by atoms with E-state index in [1.165, 1.54) is 25.7 Å². The first-order chi connectivity index (χ1) is 9.81. The number of carbonyl (C=O) groups excluding carboxylic acids is 1. The van der Waals surface area contributed by atoms with Crippen molar-refractivity contribution < 1.29 is 4.79 Å². The molecule has 0 saturated carbocycles. The molecule has 1 saturated heterocycles. The zero-order valence-electron chi connectivity index (χ0n) is 15.0. The van der Waals surface area contributed by atoms with E-state index in [2.05, 4.69) is 44.8 Å². The molecule has 1 fully saturated rings. The summed E-state index contributed by atoms with van der Waals surface area (Å²) in [6.45, 7) is 14.0. The first-order valence-corrected chi connectivity index (χ1v) is 8.90. The largest absolute Gasteiger partial charge is 0.325 e. The number of hydrogen-bond donors (Lipinski definition) is 1. The summed E-state index contributed by atoms with van der Waals surface area (Å²) in [5.74, 6) is 1.57. The molecule has 0 aromatic rings. The van der Waals surface area contributed by atoms with Gasteiger partial charge in [-0.3, -0.25) is 10.1 Å². The van der Waals surface area contributed by atoms with Gasteiger partial charge in [-0.25, -0.2) is 0 Å². The van der Waals surface area contributed by atoms with Crippen molar-refractivity contribution in [2.24, 2.45) is 11.8 Å². The molecular formula is C18H36N2O. The minimum Gasteiger partial charge on any atom is -0.325 e. The molecule has 1 heterocycles. The predicted octanol–water partition coefficient (Wildman–Crippen LogP) is 4.18. The van der Waals surface area contributed by atoms with Crippen LogP contribution in [0.3, 0.4) is 0 Å². The van der Waals surface area contributed by atoms with Crippen LogP contribution in [0.25, 0.3) is 0 Å².